The largest absolute Gasteiger partial charge is 0.343 e. The number of hydrogen-bond acceptors (Lipinski definition) is 4. The predicted molar refractivity (Wildman–Crippen MR) is 120 cm³/mol. The van der Waals surface area contributed by atoms with Crippen LogP contribution in [-0.2, 0) is 20.9 Å². The summed E-state index contributed by atoms with van der Waals surface area (Å²) in [6.45, 7) is 3.08. The van der Waals surface area contributed by atoms with E-state index in [4.69, 9.17) is 0 Å². The van der Waals surface area contributed by atoms with Crippen molar-refractivity contribution in [2.75, 3.05) is 33.2 Å². The Balaban J connectivity index is 1.30. The predicted octanol–water partition coefficient (Wildman–Crippen LogP) is 2.08. The molecule has 0 radical (unpaired) electrons. The molecule has 1 aromatic heterocycles. The maximum atomic E-state index is 13.1. The van der Waals surface area contributed by atoms with Gasteiger partial charge in [0.15, 0.2) is 0 Å². The number of hydrogen-bond donors (Lipinski definition) is 0. The fraction of sp³-hybridized carbons (Fsp3) is 0.500. The fourth-order valence-corrected chi connectivity index (χ4v) is 4.61. The first-order valence-corrected chi connectivity index (χ1v) is 11.4. The number of aromatic nitrogens is 2. The van der Waals surface area contributed by atoms with Crippen molar-refractivity contribution >= 4 is 17.7 Å². The first-order chi connectivity index (χ1) is 15.5. The smallest absolute Gasteiger partial charge is 0.227 e. The Kier molecular flexibility index (Phi) is 6.87. The fourth-order valence-electron chi connectivity index (χ4n) is 4.61. The third kappa shape index (κ3) is 5.18. The Hall–Kier alpha value is -3.16. The van der Waals surface area contributed by atoms with Crippen molar-refractivity contribution in [3.8, 4) is 5.69 Å². The van der Waals surface area contributed by atoms with Crippen LogP contribution in [0.1, 0.15) is 37.7 Å². The van der Waals surface area contributed by atoms with E-state index in [1.54, 1.807) is 20.7 Å². The minimum absolute atomic E-state index is 0.0710. The van der Waals surface area contributed by atoms with Crippen molar-refractivity contribution in [1.29, 1.82) is 0 Å². The van der Waals surface area contributed by atoms with Gasteiger partial charge in [0.2, 0.25) is 17.7 Å². The molecule has 2 aliphatic heterocycles. The highest BCUT2D eigenvalue weighted by Crippen LogP contribution is 2.21. The average Bonchev–Trinajstić information content (AvgIpc) is 3.47. The zero-order valence-electron chi connectivity index (χ0n) is 18.7. The first kappa shape index (κ1) is 22.0. The lowest BCUT2D eigenvalue weighted by atomic mass is 9.95. The molecule has 4 rings (SSSR count). The number of nitrogens with zero attached hydrogens (tertiary/aromatic N) is 5. The molecule has 0 saturated carbocycles. The number of carbonyl (C=O) groups is 3. The third-order valence-corrected chi connectivity index (χ3v) is 6.35. The SMILES string of the molecule is CN(Cc1cccc(-n2cccn2)c1)C(=O)C1CCC(=O)N(CCCN2CCCC2=O)C1. The maximum absolute atomic E-state index is 13.1. The quantitative estimate of drug-likeness (QED) is 0.634. The van der Waals surface area contributed by atoms with Gasteiger partial charge in [0, 0.05) is 65.0 Å². The normalized spacial score (nSPS) is 19.0. The summed E-state index contributed by atoms with van der Waals surface area (Å²) >= 11 is 0. The topological polar surface area (TPSA) is 78.8 Å². The molecule has 3 heterocycles. The highest BCUT2D eigenvalue weighted by atomic mass is 16.2. The number of likely N-dealkylation sites (tertiary alicyclic amines) is 2. The van der Waals surface area contributed by atoms with E-state index in [1.165, 1.54) is 0 Å². The molecule has 0 bridgehead atoms. The highest BCUT2D eigenvalue weighted by molar-refractivity contribution is 5.83. The number of benzene rings is 1. The molecule has 32 heavy (non-hydrogen) atoms. The van der Waals surface area contributed by atoms with Gasteiger partial charge in [-0.15, -0.1) is 0 Å². The summed E-state index contributed by atoms with van der Waals surface area (Å²) < 4.78 is 1.80. The standard InChI is InChI=1S/C24H31N5O3/c1-26(17-19-6-2-7-21(16-19)29-15-4-11-25-29)24(32)20-9-10-23(31)28(18-20)14-5-13-27-12-3-8-22(27)30/h2,4,6-7,11,15-16,20H,3,5,8-10,12-14,17-18H2,1H3. The molecular formula is C24H31N5O3. The number of rotatable bonds is 8. The second kappa shape index (κ2) is 9.97. The summed E-state index contributed by atoms with van der Waals surface area (Å²) in [5.41, 5.74) is 1.99. The summed E-state index contributed by atoms with van der Waals surface area (Å²) in [4.78, 5) is 42.7. The van der Waals surface area contributed by atoms with Crippen LogP contribution in [0.15, 0.2) is 42.7 Å². The van der Waals surface area contributed by atoms with E-state index in [2.05, 4.69) is 5.10 Å². The van der Waals surface area contributed by atoms with E-state index in [0.29, 0.717) is 45.4 Å². The van der Waals surface area contributed by atoms with E-state index in [9.17, 15) is 14.4 Å². The van der Waals surface area contributed by atoms with Crippen LogP contribution < -0.4 is 0 Å². The lowest BCUT2D eigenvalue weighted by Crippen LogP contribution is -2.46. The van der Waals surface area contributed by atoms with E-state index in [1.807, 2.05) is 48.5 Å². The van der Waals surface area contributed by atoms with Crippen LogP contribution >= 0.6 is 0 Å². The number of carbonyl (C=O) groups excluding carboxylic acids is 3. The number of piperidine rings is 1. The molecule has 2 fully saturated rings. The van der Waals surface area contributed by atoms with Crippen molar-refractivity contribution in [3.05, 3.63) is 48.3 Å². The number of amides is 3. The van der Waals surface area contributed by atoms with Gasteiger partial charge in [0.25, 0.3) is 0 Å². The summed E-state index contributed by atoms with van der Waals surface area (Å²) in [7, 11) is 1.82. The van der Waals surface area contributed by atoms with Gasteiger partial charge in [0.05, 0.1) is 11.6 Å². The van der Waals surface area contributed by atoms with Crippen LogP contribution in [0.4, 0.5) is 0 Å². The van der Waals surface area contributed by atoms with Gasteiger partial charge in [-0.3, -0.25) is 14.4 Å². The summed E-state index contributed by atoms with van der Waals surface area (Å²) in [6, 6.07) is 9.87. The zero-order chi connectivity index (χ0) is 22.5. The molecule has 1 aromatic carbocycles. The minimum Gasteiger partial charge on any atom is -0.343 e. The molecule has 1 unspecified atom stereocenters. The molecule has 2 aliphatic rings. The van der Waals surface area contributed by atoms with Gasteiger partial charge < -0.3 is 14.7 Å². The lowest BCUT2D eigenvalue weighted by molar-refractivity contribution is -0.142. The second-order valence-electron chi connectivity index (χ2n) is 8.73. The molecular weight excluding hydrogens is 406 g/mol. The third-order valence-electron chi connectivity index (χ3n) is 6.35. The van der Waals surface area contributed by atoms with Crippen molar-refractivity contribution in [1.82, 2.24) is 24.5 Å². The Morgan fingerprint density at radius 3 is 2.69 bits per heavy atom. The van der Waals surface area contributed by atoms with Crippen LogP contribution in [0, 0.1) is 5.92 Å². The van der Waals surface area contributed by atoms with Gasteiger partial charge in [0.1, 0.15) is 0 Å². The van der Waals surface area contributed by atoms with Crippen LogP contribution in [0.3, 0.4) is 0 Å². The summed E-state index contributed by atoms with van der Waals surface area (Å²) in [5.74, 6) is 0.208. The van der Waals surface area contributed by atoms with Crippen molar-refractivity contribution in [2.45, 2.75) is 38.6 Å². The Bertz CT molecular complexity index is 958. The molecule has 0 aliphatic carbocycles. The van der Waals surface area contributed by atoms with Gasteiger partial charge >= 0.3 is 0 Å². The van der Waals surface area contributed by atoms with Gasteiger partial charge in [-0.25, -0.2) is 4.68 Å². The van der Waals surface area contributed by atoms with Crippen LogP contribution in [-0.4, -0.2) is 75.4 Å². The lowest BCUT2D eigenvalue weighted by Gasteiger charge is -2.34. The molecule has 2 aromatic rings. The minimum atomic E-state index is -0.180. The summed E-state index contributed by atoms with van der Waals surface area (Å²) in [5, 5.41) is 4.26. The average molecular weight is 438 g/mol. The van der Waals surface area contributed by atoms with E-state index in [0.717, 1.165) is 30.6 Å². The molecule has 0 N–H and O–H groups in total. The van der Waals surface area contributed by atoms with Crippen LogP contribution in [0.5, 0.6) is 0 Å². The van der Waals surface area contributed by atoms with E-state index < -0.39 is 0 Å². The van der Waals surface area contributed by atoms with Crippen molar-refractivity contribution in [2.24, 2.45) is 5.92 Å². The second-order valence-corrected chi connectivity index (χ2v) is 8.73. The highest BCUT2D eigenvalue weighted by Gasteiger charge is 2.32. The van der Waals surface area contributed by atoms with Gasteiger partial charge in [-0.1, -0.05) is 12.1 Å². The van der Waals surface area contributed by atoms with Crippen LogP contribution in [0.2, 0.25) is 0 Å². The van der Waals surface area contributed by atoms with E-state index >= 15 is 0 Å². The molecule has 2 saturated heterocycles. The molecule has 0 spiro atoms. The van der Waals surface area contributed by atoms with Gasteiger partial charge in [-0.05, 0) is 43.0 Å². The zero-order valence-corrected chi connectivity index (χ0v) is 18.7. The molecule has 170 valence electrons. The monoisotopic (exact) mass is 437 g/mol. The van der Waals surface area contributed by atoms with Crippen molar-refractivity contribution < 1.29 is 14.4 Å². The molecule has 8 heteroatoms. The Morgan fingerprint density at radius 1 is 1.12 bits per heavy atom. The van der Waals surface area contributed by atoms with Crippen molar-refractivity contribution in [3.63, 3.8) is 0 Å². The Morgan fingerprint density at radius 2 is 1.94 bits per heavy atom. The van der Waals surface area contributed by atoms with Crippen LogP contribution in [0.25, 0.3) is 5.69 Å². The first-order valence-electron chi connectivity index (χ1n) is 11.4. The molecule has 1 atom stereocenters. The molecule has 8 nitrogen and oxygen atoms in total. The Labute approximate surface area is 188 Å². The van der Waals surface area contributed by atoms with Gasteiger partial charge in [-0.2, -0.15) is 5.10 Å². The molecule has 3 amide bonds. The summed E-state index contributed by atoms with van der Waals surface area (Å²) in [6.07, 6.45) is 6.95. The van der Waals surface area contributed by atoms with E-state index in [-0.39, 0.29) is 23.6 Å². The maximum Gasteiger partial charge on any atom is 0.227 e.